The van der Waals surface area contributed by atoms with Gasteiger partial charge in [-0.2, -0.15) is 5.10 Å². The van der Waals surface area contributed by atoms with Gasteiger partial charge < -0.3 is 5.73 Å². The first-order chi connectivity index (χ1) is 8.16. The number of rotatable bonds is 2. The van der Waals surface area contributed by atoms with Gasteiger partial charge in [-0.15, -0.1) is 0 Å². The fourth-order valence-corrected chi connectivity index (χ4v) is 1.49. The van der Waals surface area contributed by atoms with E-state index in [1.54, 1.807) is 18.2 Å². The number of fused-ring (bicyclic) bond motifs is 1. The number of nitrogens with one attached hydrogen (secondary N) is 1. The van der Waals surface area contributed by atoms with E-state index in [2.05, 4.69) is 20.5 Å². The van der Waals surface area contributed by atoms with Crippen LogP contribution in [0.5, 0.6) is 0 Å². The third kappa shape index (κ3) is 2.67. The van der Waals surface area contributed by atoms with Crippen LogP contribution in [0.3, 0.4) is 0 Å². The molecule has 3 N–H and O–H groups in total. The second kappa shape index (κ2) is 4.75. The first-order valence-corrected chi connectivity index (χ1v) is 5.03. The van der Waals surface area contributed by atoms with Crippen LogP contribution in [0.4, 0.5) is 4.79 Å². The van der Waals surface area contributed by atoms with Crippen molar-refractivity contribution in [2.24, 2.45) is 10.8 Å². The Bertz CT molecular complexity index is 598. The number of hydrogen-bond donors (Lipinski definition) is 2. The molecule has 0 saturated heterocycles. The van der Waals surface area contributed by atoms with E-state index in [1.165, 1.54) is 12.5 Å². The first kappa shape index (κ1) is 11.3. The molecule has 0 fully saturated rings. The standard InChI is InChI=1S/C10H8ClN5O/c11-9-7-3-6(4-15-16-10(12)17)1-2-8(7)13-5-14-9/h1-5H,(H3,12,16,17). The SMILES string of the molecule is NC(=O)NN=Cc1ccc2ncnc(Cl)c2c1. The lowest BCUT2D eigenvalue weighted by atomic mass is 10.2. The van der Waals surface area contributed by atoms with Crippen LogP contribution in [0, 0.1) is 0 Å². The van der Waals surface area contributed by atoms with Crippen LogP contribution in [0.15, 0.2) is 29.6 Å². The summed E-state index contributed by atoms with van der Waals surface area (Å²) in [6, 6.07) is 4.62. The van der Waals surface area contributed by atoms with Crippen LogP contribution in [-0.2, 0) is 0 Å². The third-order valence-corrected chi connectivity index (χ3v) is 2.30. The highest BCUT2D eigenvalue weighted by Gasteiger charge is 2.01. The van der Waals surface area contributed by atoms with E-state index >= 15 is 0 Å². The largest absolute Gasteiger partial charge is 0.350 e. The van der Waals surface area contributed by atoms with Gasteiger partial charge in [0.25, 0.3) is 0 Å². The molecular weight excluding hydrogens is 242 g/mol. The lowest BCUT2D eigenvalue weighted by Crippen LogP contribution is -2.24. The molecule has 17 heavy (non-hydrogen) atoms. The number of hydrogen-bond acceptors (Lipinski definition) is 4. The van der Waals surface area contributed by atoms with Crippen LogP contribution >= 0.6 is 11.6 Å². The number of urea groups is 1. The number of hydrazone groups is 1. The lowest BCUT2D eigenvalue weighted by molar-refractivity contribution is 0.249. The molecule has 1 heterocycles. The molecule has 0 radical (unpaired) electrons. The van der Waals surface area contributed by atoms with Gasteiger partial charge in [-0.25, -0.2) is 20.2 Å². The Labute approximate surface area is 102 Å². The van der Waals surface area contributed by atoms with Gasteiger partial charge in [0, 0.05) is 5.39 Å². The molecule has 0 atom stereocenters. The Hall–Kier alpha value is -2.21. The number of carbonyl (C=O) groups is 1. The van der Waals surface area contributed by atoms with Gasteiger partial charge in [-0.05, 0) is 17.7 Å². The highest BCUT2D eigenvalue weighted by Crippen LogP contribution is 2.19. The molecular formula is C10H8ClN5O. The molecule has 2 rings (SSSR count). The van der Waals surface area contributed by atoms with Crippen molar-refractivity contribution in [1.82, 2.24) is 15.4 Å². The molecule has 0 aliphatic heterocycles. The van der Waals surface area contributed by atoms with Gasteiger partial charge in [0.2, 0.25) is 0 Å². The van der Waals surface area contributed by atoms with Crippen molar-refractivity contribution >= 4 is 34.7 Å². The number of nitrogens with zero attached hydrogens (tertiary/aromatic N) is 3. The van der Waals surface area contributed by atoms with Gasteiger partial charge >= 0.3 is 6.03 Å². The van der Waals surface area contributed by atoms with Crippen molar-refractivity contribution in [3.8, 4) is 0 Å². The molecule has 0 unspecified atom stereocenters. The quantitative estimate of drug-likeness (QED) is 0.477. The van der Waals surface area contributed by atoms with Gasteiger partial charge in [0.15, 0.2) is 0 Å². The molecule has 1 aromatic heterocycles. The van der Waals surface area contributed by atoms with Crippen molar-refractivity contribution in [3.63, 3.8) is 0 Å². The zero-order valence-electron chi connectivity index (χ0n) is 8.59. The summed E-state index contributed by atoms with van der Waals surface area (Å²) >= 11 is 5.93. The maximum Gasteiger partial charge on any atom is 0.332 e. The highest BCUT2D eigenvalue weighted by atomic mass is 35.5. The topological polar surface area (TPSA) is 93.3 Å². The fraction of sp³-hybridized carbons (Fsp3) is 0. The van der Waals surface area contributed by atoms with Crippen molar-refractivity contribution in [3.05, 3.63) is 35.2 Å². The van der Waals surface area contributed by atoms with Crippen LogP contribution in [0.25, 0.3) is 10.9 Å². The number of benzene rings is 1. The number of amides is 2. The number of aromatic nitrogens is 2. The lowest BCUT2D eigenvalue weighted by Gasteiger charge is -1.99. The third-order valence-electron chi connectivity index (χ3n) is 2.00. The zero-order valence-corrected chi connectivity index (χ0v) is 9.35. The Morgan fingerprint density at radius 2 is 2.29 bits per heavy atom. The average molecular weight is 250 g/mol. The highest BCUT2D eigenvalue weighted by molar-refractivity contribution is 6.34. The summed E-state index contributed by atoms with van der Waals surface area (Å²) in [7, 11) is 0. The second-order valence-electron chi connectivity index (χ2n) is 3.18. The summed E-state index contributed by atoms with van der Waals surface area (Å²) in [5.74, 6) is 0. The molecule has 2 aromatic rings. The molecule has 0 bridgehead atoms. The fourth-order valence-electron chi connectivity index (χ4n) is 1.29. The Kier molecular flexibility index (Phi) is 3.15. The Balaban J connectivity index is 2.34. The summed E-state index contributed by atoms with van der Waals surface area (Å²) in [5.41, 5.74) is 8.46. The maximum absolute atomic E-state index is 10.4. The van der Waals surface area contributed by atoms with Crippen LogP contribution in [-0.4, -0.2) is 22.2 Å². The number of primary amides is 1. The van der Waals surface area contributed by atoms with E-state index < -0.39 is 6.03 Å². The van der Waals surface area contributed by atoms with E-state index in [9.17, 15) is 4.79 Å². The summed E-state index contributed by atoms with van der Waals surface area (Å²) in [5, 5.41) is 4.73. The molecule has 86 valence electrons. The molecule has 6 nitrogen and oxygen atoms in total. The molecule has 7 heteroatoms. The van der Waals surface area contributed by atoms with Crippen LogP contribution in [0.1, 0.15) is 5.56 Å². The van der Waals surface area contributed by atoms with E-state index in [4.69, 9.17) is 17.3 Å². The smallest absolute Gasteiger partial charge is 0.332 e. The number of carbonyl (C=O) groups excluding carboxylic acids is 1. The van der Waals surface area contributed by atoms with E-state index in [0.717, 1.165) is 16.5 Å². The van der Waals surface area contributed by atoms with Crippen LogP contribution < -0.4 is 11.2 Å². The van der Waals surface area contributed by atoms with Crippen molar-refractivity contribution in [1.29, 1.82) is 0 Å². The summed E-state index contributed by atoms with van der Waals surface area (Å²) in [6.45, 7) is 0. The van der Waals surface area contributed by atoms with Gasteiger partial charge in [-0.1, -0.05) is 17.7 Å². The van der Waals surface area contributed by atoms with Crippen molar-refractivity contribution in [2.45, 2.75) is 0 Å². The minimum absolute atomic E-state index is 0.369. The van der Waals surface area contributed by atoms with E-state index in [1.807, 2.05) is 0 Å². The Morgan fingerprint density at radius 3 is 3.06 bits per heavy atom. The molecule has 0 spiro atoms. The summed E-state index contributed by atoms with van der Waals surface area (Å²) in [6.07, 6.45) is 2.85. The number of nitrogens with two attached hydrogens (primary N) is 1. The minimum Gasteiger partial charge on any atom is -0.350 e. The summed E-state index contributed by atoms with van der Waals surface area (Å²) < 4.78 is 0. The molecule has 0 aliphatic rings. The second-order valence-corrected chi connectivity index (χ2v) is 3.53. The van der Waals surface area contributed by atoms with Crippen molar-refractivity contribution in [2.75, 3.05) is 0 Å². The van der Waals surface area contributed by atoms with Crippen molar-refractivity contribution < 1.29 is 4.79 Å². The predicted octanol–water partition coefficient (Wildman–Crippen LogP) is 1.29. The molecule has 1 aromatic carbocycles. The van der Waals surface area contributed by atoms with E-state index in [-0.39, 0.29) is 0 Å². The van der Waals surface area contributed by atoms with Gasteiger partial charge in [-0.3, -0.25) is 0 Å². The Morgan fingerprint density at radius 1 is 1.47 bits per heavy atom. The first-order valence-electron chi connectivity index (χ1n) is 4.65. The molecule has 0 saturated carbocycles. The molecule has 2 amide bonds. The summed E-state index contributed by atoms with van der Waals surface area (Å²) in [4.78, 5) is 18.4. The van der Waals surface area contributed by atoms with Gasteiger partial charge in [0.05, 0.1) is 11.7 Å². The minimum atomic E-state index is -0.719. The maximum atomic E-state index is 10.4. The number of halogens is 1. The monoisotopic (exact) mass is 249 g/mol. The van der Waals surface area contributed by atoms with Gasteiger partial charge in [0.1, 0.15) is 11.5 Å². The average Bonchev–Trinajstić information content (AvgIpc) is 2.30. The van der Waals surface area contributed by atoms with E-state index in [0.29, 0.717) is 5.15 Å². The predicted molar refractivity (Wildman–Crippen MR) is 64.9 cm³/mol. The van der Waals surface area contributed by atoms with Crippen LogP contribution in [0.2, 0.25) is 5.15 Å². The molecule has 0 aliphatic carbocycles. The zero-order chi connectivity index (χ0) is 12.3. The normalized spacial score (nSPS) is 10.9.